The summed E-state index contributed by atoms with van der Waals surface area (Å²) >= 11 is 3.90. The molecule has 0 saturated heterocycles. The molecular weight excluding hydrogens is 242 g/mol. The van der Waals surface area contributed by atoms with Gasteiger partial charge in [-0.05, 0) is 6.07 Å². The summed E-state index contributed by atoms with van der Waals surface area (Å²) in [5.74, 6) is 4.60. The minimum atomic E-state index is -1.11. The fraction of sp³-hybridized carbons (Fsp3) is 0.182. The molecule has 0 spiro atoms. The van der Waals surface area contributed by atoms with Crippen LogP contribution in [0.5, 0.6) is 0 Å². The minimum Gasteiger partial charge on any atom is -0.481 e. The molecule has 0 aliphatic rings. The van der Waals surface area contributed by atoms with E-state index in [1.165, 1.54) is 12.1 Å². The Bertz CT molecular complexity index is 516. The zero-order chi connectivity index (χ0) is 12.8. The first-order valence-corrected chi connectivity index (χ1v) is 5.26. The highest BCUT2D eigenvalue weighted by atomic mass is 32.1. The van der Waals surface area contributed by atoms with Crippen LogP contribution in [0.25, 0.3) is 0 Å². The maximum Gasteiger partial charge on any atom is 0.308 e. The van der Waals surface area contributed by atoms with Crippen LogP contribution in [0.2, 0.25) is 0 Å². The summed E-state index contributed by atoms with van der Waals surface area (Å²) in [6, 6.07) is 4.24. The molecule has 0 atom stereocenters. The monoisotopic (exact) mass is 251 g/mol. The molecule has 0 bridgehead atoms. The molecule has 5 nitrogen and oxygen atoms in total. The lowest BCUT2D eigenvalue weighted by Crippen LogP contribution is -2.04. The third-order valence-corrected chi connectivity index (χ3v) is 2.09. The quantitative estimate of drug-likeness (QED) is 0.369. The van der Waals surface area contributed by atoms with Gasteiger partial charge < -0.3 is 5.11 Å². The Labute approximate surface area is 103 Å². The molecule has 0 aliphatic heterocycles. The zero-order valence-corrected chi connectivity index (χ0v) is 9.61. The highest BCUT2D eigenvalue weighted by Crippen LogP contribution is 2.20. The topological polar surface area (TPSA) is 80.4 Å². The van der Waals surface area contributed by atoms with Crippen LogP contribution in [0.15, 0.2) is 18.2 Å². The number of rotatable bonds is 3. The smallest absolute Gasteiger partial charge is 0.308 e. The van der Waals surface area contributed by atoms with E-state index in [4.69, 9.17) is 5.11 Å². The number of carbonyl (C=O) groups is 1. The molecule has 0 heterocycles. The summed E-state index contributed by atoms with van der Waals surface area (Å²) in [6.07, 6.45) is -0.378. The van der Waals surface area contributed by atoms with Gasteiger partial charge in [-0.15, -0.1) is 0 Å². The molecule has 6 heteroatoms. The van der Waals surface area contributed by atoms with E-state index in [0.717, 1.165) is 0 Å². The Morgan fingerprint density at radius 3 is 2.76 bits per heavy atom. The largest absolute Gasteiger partial charge is 0.481 e. The minimum absolute atomic E-state index is 0.166. The number of hydrogen-bond donors (Lipinski definition) is 2. The van der Waals surface area contributed by atoms with Gasteiger partial charge in [-0.2, -0.15) is 12.6 Å². The molecule has 0 radical (unpaired) electrons. The second-order valence-electron chi connectivity index (χ2n) is 3.13. The van der Waals surface area contributed by atoms with Gasteiger partial charge >= 0.3 is 5.97 Å². The van der Waals surface area contributed by atoms with Crippen LogP contribution in [-0.4, -0.2) is 21.8 Å². The van der Waals surface area contributed by atoms with Crippen molar-refractivity contribution in [3.05, 3.63) is 39.4 Å². The van der Waals surface area contributed by atoms with Crippen molar-refractivity contribution in [1.82, 2.24) is 0 Å². The zero-order valence-electron chi connectivity index (χ0n) is 8.71. The van der Waals surface area contributed by atoms with Gasteiger partial charge in [-0.1, -0.05) is 17.9 Å². The Morgan fingerprint density at radius 2 is 2.24 bits per heavy atom. The van der Waals surface area contributed by atoms with E-state index in [9.17, 15) is 14.9 Å². The number of hydrogen-bond acceptors (Lipinski definition) is 4. The Hall–Kier alpha value is -2.00. The molecule has 0 amide bonds. The Balaban J connectivity index is 3.17. The van der Waals surface area contributed by atoms with Crippen molar-refractivity contribution < 1.29 is 14.8 Å². The predicted molar refractivity (Wildman–Crippen MR) is 65.2 cm³/mol. The molecule has 0 aromatic heterocycles. The van der Waals surface area contributed by atoms with Gasteiger partial charge in [-0.25, -0.2) is 0 Å². The van der Waals surface area contributed by atoms with Gasteiger partial charge in [-0.3, -0.25) is 14.9 Å². The summed E-state index contributed by atoms with van der Waals surface area (Å²) in [6.45, 7) is 0. The van der Waals surface area contributed by atoms with Crippen LogP contribution in [0.4, 0.5) is 5.69 Å². The molecule has 1 aromatic carbocycles. The summed E-state index contributed by atoms with van der Waals surface area (Å²) < 4.78 is 0. The summed E-state index contributed by atoms with van der Waals surface area (Å²) in [7, 11) is 0. The molecule has 0 aliphatic carbocycles. The lowest BCUT2D eigenvalue weighted by Gasteiger charge is -2.00. The third kappa shape index (κ3) is 3.81. The van der Waals surface area contributed by atoms with E-state index in [1.807, 2.05) is 0 Å². The fourth-order valence-electron chi connectivity index (χ4n) is 1.27. The lowest BCUT2D eigenvalue weighted by atomic mass is 10.1. The molecule has 88 valence electrons. The van der Waals surface area contributed by atoms with E-state index >= 15 is 0 Å². The maximum absolute atomic E-state index is 10.8. The normalized spacial score (nSPS) is 9.24. The van der Waals surface area contributed by atoms with Gasteiger partial charge in [0.15, 0.2) is 0 Å². The highest BCUT2D eigenvalue weighted by Gasteiger charge is 2.16. The maximum atomic E-state index is 10.8. The van der Waals surface area contributed by atoms with Crippen molar-refractivity contribution in [3.8, 4) is 11.8 Å². The van der Waals surface area contributed by atoms with E-state index in [1.54, 1.807) is 6.07 Å². The number of nitro groups is 1. The van der Waals surface area contributed by atoms with Crippen LogP contribution in [0.1, 0.15) is 11.1 Å². The SMILES string of the molecule is O=C(O)Cc1ccc(C#CCS)cc1[N+](=O)[O-]. The van der Waals surface area contributed by atoms with Crippen molar-refractivity contribution in [2.75, 3.05) is 5.75 Å². The van der Waals surface area contributed by atoms with Crippen molar-refractivity contribution in [3.63, 3.8) is 0 Å². The number of nitrogens with zero attached hydrogens (tertiary/aromatic N) is 1. The second-order valence-corrected chi connectivity index (χ2v) is 3.45. The molecule has 1 N–H and O–H groups in total. The van der Waals surface area contributed by atoms with Crippen LogP contribution in [-0.2, 0) is 11.2 Å². The third-order valence-electron chi connectivity index (χ3n) is 1.94. The number of aliphatic carboxylic acids is 1. The van der Waals surface area contributed by atoms with Gasteiger partial charge in [0.25, 0.3) is 5.69 Å². The van der Waals surface area contributed by atoms with Crippen LogP contribution >= 0.6 is 12.6 Å². The van der Waals surface area contributed by atoms with Crippen molar-refractivity contribution in [1.29, 1.82) is 0 Å². The fourth-order valence-corrected chi connectivity index (χ4v) is 1.34. The summed E-state index contributed by atoms with van der Waals surface area (Å²) in [4.78, 5) is 20.7. The molecule has 17 heavy (non-hydrogen) atoms. The van der Waals surface area contributed by atoms with E-state index in [-0.39, 0.29) is 17.7 Å². The van der Waals surface area contributed by atoms with Gasteiger partial charge in [0.05, 0.1) is 17.1 Å². The van der Waals surface area contributed by atoms with Crippen LogP contribution in [0, 0.1) is 22.0 Å². The van der Waals surface area contributed by atoms with Crippen molar-refractivity contribution >= 4 is 24.3 Å². The Morgan fingerprint density at radius 1 is 1.53 bits per heavy atom. The molecule has 0 unspecified atom stereocenters. The average Bonchev–Trinajstić information content (AvgIpc) is 2.26. The number of carboxylic acids is 1. The standard InChI is InChI=1S/C11H9NO4S/c13-11(14)7-9-4-3-8(2-1-5-17)6-10(9)12(15)16/h3-4,6,17H,5,7H2,(H,13,14). The number of thiol groups is 1. The Kier molecular flexibility index (Phi) is 4.55. The summed E-state index contributed by atoms with van der Waals surface area (Å²) in [5, 5.41) is 19.4. The molecule has 1 rings (SSSR count). The molecule has 0 fully saturated rings. The first kappa shape index (κ1) is 13.1. The molecular formula is C11H9NO4S. The first-order valence-electron chi connectivity index (χ1n) is 4.63. The predicted octanol–water partition coefficient (Wildman–Crippen LogP) is 1.50. The number of benzene rings is 1. The highest BCUT2D eigenvalue weighted by molar-refractivity contribution is 7.80. The van der Waals surface area contributed by atoms with Crippen molar-refractivity contribution in [2.45, 2.75) is 6.42 Å². The number of nitro benzene ring substituents is 1. The summed E-state index contributed by atoms with van der Waals surface area (Å²) in [5.41, 5.74) is 0.414. The van der Waals surface area contributed by atoms with Gasteiger partial charge in [0, 0.05) is 17.2 Å². The molecule has 1 aromatic rings. The second kappa shape index (κ2) is 5.92. The molecule has 0 saturated carbocycles. The van der Waals surface area contributed by atoms with Crippen LogP contribution < -0.4 is 0 Å². The van der Waals surface area contributed by atoms with E-state index < -0.39 is 10.9 Å². The van der Waals surface area contributed by atoms with Gasteiger partial charge in [0.1, 0.15) is 0 Å². The van der Waals surface area contributed by atoms with Gasteiger partial charge in [0.2, 0.25) is 0 Å². The van der Waals surface area contributed by atoms with E-state index in [2.05, 4.69) is 24.5 Å². The lowest BCUT2D eigenvalue weighted by molar-refractivity contribution is -0.385. The average molecular weight is 251 g/mol. The number of carboxylic acid groups (broad SMARTS) is 1. The van der Waals surface area contributed by atoms with E-state index in [0.29, 0.717) is 11.3 Å². The first-order chi connectivity index (χ1) is 8.04. The van der Waals surface area contributed by atoms with Crippen molar-refractivity contribution in [2.24, 2.45) is 0 Å². The van der Waals surface area contributed by atoms with Crippen LogP contribution in [0.3, 0.4) is 0 Å².